The summed E-state index contributed by atoms with van der Waals surface area (Å²) in [6.45, 7) is 0.963. The Bertz CT molecular complexity index is 1700. The highest BCUT2D eigenvalue weighted by atomic mass is 19.2. The molecule has 4 heterocycles. The number of rotatable bonds is 5. The van der Waals surface area contributed by atoms with Crippen molar-refractivity contribution in [1.29, 1.82) is 0 Å². The van der Waals surface area contributed by atoms with Crippen molar-refractivity contribution in [2.45, 2.75) is 56.1 Å². The summed E-state index contributed by atoms with van der Waals surface area (Å²) in [5, 5.41) is 0. The molecular formula is C30H30F2N6O4. The number of carbonyl (C=O) groups excluding carboxylic acids is 2. The van der Waals surface area contributed by atoms with Crippen molar-refractivity contribution in [1.82, 2.24) is 24.4 Å². The fraction of sp³-hybridized carbons (Fsp3) is 0.367. The molecule has 1 fully saturated rings. The first kappa shape index (κ1) is 27.6. The summed E-state index contributed by atoms with van der Waals surface area (Å²) in [4.78, 5) is 51.5. The number of hydrogen-bond acceptors (Lipinski definition) is 6. The lowest BCUT2D eigenvalue weighted by Crippen LogP contribution is -2.41. The summed E-state index contributed by atoms with van der Waals surface area (Å²) in [6, 6.07) is 10.9. The molecule has 0 unspecified atom stereocenters. The van der Waals surface area contributed by atoms with Gasteiger partial charge in [-0.3, -0.25) is 19.3 Å². The van der Waals surface area contributed by atoms with E-state index in [1.165, 1.54) is 12.1 Å². The van der Waals surface area contributed by atoms with Gasteiger partial charge in [0.25, 0.3) is 0 Å². The highest BCUT2D eigenvalue weighted by Crippen LogP contribution is 2.46. The number of likely N-dealkylation sites (tertiary alicyclic amines) is 1. The molecule has 3 aromatic heterocycles. The number of carbonyl (C=O) groups is 2. The number of hydrogen-bond donors (Lipinski definition) is 2. The monoisotopic (exact) mass is 576 g/mol. The molecule has 0 spiro atoms. The summed E-state index contributed by atoms with van der Waals surface area (Å²) in [5.41, 5.74) is 7.63. The van der Waals surface area contributed by atoms with Gasteiger partial charge < -0.3 is 15.4 Å². The van der Waals surface area contributed by atoms with Gasteiger partial charge in [0.1, 0.15) is 6.10 Å². The second kappa shape index (κ2) is 11.3. The topological polar surface area (TPSA) is 136 Å². The Hall–Kier alpha value is -4.61. The van der Waals surface area contributed by atoms with E-state index in [2.05, 4.69) is 15.0 Å². The Labute approximate surface area is 239 Å². The lowest BCUT2D eigenvalue weighted by atomic mass is 9.87. The number of primary amides is 1. The van der Waals surface area contributed by atoms with Crippen molar-refractivity contribution in [3.8, 4) is 0 Å². The van der Waals surface area contributed by atoms with Crippen LogP contribution in [0.15, 0.2) is 59.7 Å². The fourth-order valence-electron chi connectivity index (χ4n) is 6.53. The van der Waals surface area contributed by atoms with Crippen molar-refractivity contribution < 1.29 is 23.1 Å². The third kappa shape index (κ3) is 5.12. The van der Waals surface area contributed by atoms with E-state index in [0.717, 1.165) is 11.6 Å². The van der Waals surface area contributed by atoms with E-state index in [-0.39, 0.29) is 35.5 Å². The van der Waals surface area contributed by atoms with Crippen molar-refractivity contribution in [2.75, 3.05) is 13.1 Å². The summed E-state index contributed by atoms with van der Waals surface area (Å²) in [7, 11) is 0. The second-order valence-corrected chi connectivity index (χ2v) is 10.8. The van der Waals surface area contributed by atoms with Crippen LogP contribution in [0.5, 0.6) is 0 Å². The largest absolute Gasteiger partial charge is 0.441 e. The maximum absolute atomic E-state index is 15.0. The minimum Gasteiger partial charge on any atom is -0.441 e. The Morgan fingerprint density at radius 1 is 0.976 bits per heavy atom. The lowest BCUT2D eigenvalue weighted by Gasteiger charge is -2.33. The molecule has 10 nitrogen and oxygen atoms in total. The van der Waals surface area contributed by atoms with Gasteiger partial charge in [0, 0.05) is 55.3 Å². The van der Waals surface area contributed by atoms with Crippen molar-refractivity contribution >= 4 is 23.2 Å². The lowest BCUT2D eigenvalue weighted by molar-refractivity contribution is -0.133. The molecule has 1 saturated heterocycles. The molecule has 0 radical (unpaired) electrons. The number of aromatic amines is 1. The van der Waals surface area contributed by atoms with Crippen molar-refractivity contribution in [3.63, 3.8) is 0 Å². The Morgan fingerprint density at radius 2 is 1.71 bits per heavy atom. The standard InChI is InChI=1S/C30H30F2N6O4/c31-22-6-1-4-19(25(22)32)20-9-8-17(26-21(5-2-12-34-26)27(20)42-29(33)40)16-24(39)37-14-10-18(11-15-37)38-23-7-3-13-35-28(23)36-30(38)41/h1-7,12-13,17-18,20,27H,8-11,14-16H2,(H2,33,40)(H,35,36,41)/t17-,20+,27-/m0/s1. The fourth-order valence-corrected chi connectivity index (χ4v) is 6.53. The average molecular weight is 577 g/mol. The Balaban J connectivity index is 1.22. The zero-order chi connectivity index (χ0) is 29.4. The number of H-pyrrole nitrogens is 1. The van der Waals surface area contributed by atoms with E-state index in [9.17, 15) is 23.2 Å². The molecule has 2 aliphatic rings. The van der Waals surface area contributed by atoms with Crippen LogP contribution in [0.4, 0.5) is 13.6 Å². The minimum absolute atomic E-state index is 0.0617. The molecular weight excluding hydrogens is 546 g/mol. The number of halogens is 2. The Kier molecular flexibility index (Phi) is 7.44. The third-order valence-electron chi connectivity index (χ3n) is 8.47. The number of pyridine rings is 2. The van der Waals surface area contributed by atoms with Crippen molar-refractivity contribution in [2.24, 2.45) is 5.73 Å². The van der Waals surface area contributed by atoms with Gasteiger partial charge in [0.2, 0.25) is 5.91 Å². The molecule has 218 valence electrons. The predicted octanol–water partition coefficient (Wildman–Crippen LogP) is 4.45. The number of piperidine rings is 1. The van der Waals surface area contributed by atoms with E-state index < -0.39 is 29.7 Å². The molecule has 0 bridgehead atoms. The van der Waals surface area contributed by atoms with Crippen LogP contribution < -0.4 is 11.4 Å². The number of nitrogens with two attached hydrogens (primary N) is 1. The number of benzene rings is 1. The van der Waals surface area contributed by atoms with Gasteiger partial charge in [-0.1, -0.05) is 18.2 Å². The number of nitrogens with zero attached hydrogens (tertiary/aromatic N) is 4. The summed E-state index contributed by atoms with van der Waals surface area (Å²) in [6.07, 6.45) is 3.30. The number of ether oxygens (including phenoxy) is 1. The summed E-state index contributed by atoms with van der Waals surface area (Å²) < 4.78 is 36.4. The maximum atomic E-state index is 15.0. The summed E-state index contributed by atoms with van der Waals surface area (Å²) in [5.74, 6) is -3.13. The summed E-state index contributed by atoms with van der Waals surface area (Å²) >= 11 is 0. The zero-order valence-electron chi connectivity index (χ0n) is 22.7. The highest BCUT2D eigenvalue weighted by molar-refractivity contribution is 5.77. The minimum atomic E-state index is -1.04. The van der Waals surface area contributed by atoms with Crippen LogP contribution in [0.25, 0.3) is 11.2 Å². The maximum Gasteiger partial charge on any atom is 0.405 e. The quantitative estimate of drug-likeness (QED) is 0.337. The molecule has 2 amide bonds. The first-order valence-corrected chi connectivity index (χ1v) is 14.0. The van der Waals surface area contributed by atoms with Gasteiger partial charge >= 0.3 is 11.8 Å². The normalized spacial score (nSPS) is 21.1. The van der Waals surface area contributed by atoms with Crippen molar-refractivity contribution in [3.05, 3.63) is 93.8 Å². The highest BCUT2D eigenvalue weighted by Gasteiger charge is 2.38. The van der Waals surface area contributed by atoms with Crippen LogP contribution in [-0.4, -0.2) is 49.5 Å². The number of aromatic nitrogens is 4. The predicted molar refractivity (Wildman–Crippen MR) is 149 cm³/mol. The van der Waals surface area contributed by atoms with E-state index in [0.29, 0.717) is 55.7 Å². The van der Waals surface area contributed by atoms with Crippen LogP contribution >= 0.6 is 0 Å². The first-order valence-electron chi connectivity index (χ1n) is 14.0. The molecule has 42 heavy (non-hydrogen) atoms. The molecule has 3 N–H and O–H groups in total. The molecule has 1 aromatic carbocycles. The van der Waals surface area contributed by atoms with E-state index in [4.69, 9.17) is 10.5 Å². The molecule has 3 atom stereocenters. The Morgan fingerprint density at radius 3 is 2.50 bits per heavy atom. The van der Waals surface area contributed by atoms with Crippen LogP contribution in [-0.2, 0) is 9.53 Å². The number of imidazole rings is 1. The number of amides is 2. The van der Waals surface area contributed by atoms with Gasteiger partial charge in [0.15, 0.2) is 17.3 Å². The van der Waals surface area contributed by atoms with E-state index in [1.807, 2.05) is 6.07 Å². The van der Waals surface area contributed by atoms with Gasteiger partial charge in [-0.25, -0.2) is 23.4 Å². The van der Waals surface area contributed by atoms with Gasteiger partial charge in [-0.2, -0.15) is 0 Å². The van der Waals surface area contributed by atoms with Gasteiger partial charge in [-0.15, -0.1) is 0 Å². The van der Waals surface area contributed by atoms with Crippen LogP contribution in [0.3, 0.4) is 0 Å². The van der Waals surface area contributed by atoms with Crippen LogP contribution in [0.1, 0.15) is 72.9 Å². The van der Waals surface area contributed by atoms with Crippen LogP contribution in [0, 0.1) is 11.6 Å². The number of nitrogens with one attached hydrogen (secondary N) is 1. The average Bonchev–Trinajstić information content (AvgIpc) is 3.25. The zero-order valence-corrected chi connectivity index (χ0v) is 22.7. The molecule has 1 aliphatic carbocycles. The van der Waals surface area contributed by atoms with Gasteiger partial charge in [-0.05, 0) is 55.5 Å². The second-order valence-electron chi connectivity index (χ2n) is 10.8. The molecule has 12 heteroatoms. The van der Waals surface area contributed by atoms with E-state index in [1.54, 1.807) is 40.1 Å². The van der Waals surface area contributed by atoms with E-state index >= 15 is 0 Å². The number of fused-ring (bicyclic) bond motifs is 2. The third-order valence-corrected chi connectivity index (χ3v) is 8.47. The molecule has 1 aliphatic heterocycles. The SMILES string of the molecule is NC(=O)O[C@@H]1c2cccnc2[C@H](CC(=O)N2CCC(n3c(=O)[nH]c4ncccc43)CC2)CC[C@@H]1c1cccc(F)c1F. The van der Waals surface area contributed by atoms with Crippen LogP contribution in [0.2, 0.25) is 0 Å². The first-order chi connectivity index (χ1) is 20.3. The molecule has 4 aromatic rings. The molecule has 6 rings (SSSR count). The smallest absolute Gasteiger partial charge is 0.405 e. The van der Waals surface area contributed by atoms with Gasteiger partial charge in [0.05, 0.1) is 11.2 Å². The molecule has 0 saturated carbocycles.